The van der Waals surface area contributed by atoms with Gasteiger partial charge in [0, 0.05) is 25.7 Å². The first-order valence-corrected chi connectivity index (χ1v) is 9.34. The first-order chi connectivity index (χ1) is 12.5. The Morgan fingerprint density at radius 3 is 2.50 bits per heavy atom. The number of carboxylic acids is 1. The molecule has 136 valence electrons. The number of nitrogens with zero attached hydrogens (tertiary/aromatic N) is 2. The second-order valence-corrected chi connectivity index (χ2v) is 7.51. The zero-order valence-corrected chi connectivity index (χ0v) is 15.6. The van der Waals surface area contributed by atoms with E-state index in [2.05, 4.69) is 16.0 Å². The van der Waals surface area contributed by atoms with Crippen LogP contribution in [0, 0.1) is 0 Å². The van der Waals surface area contributed by atoms with E-state index in [1.165, 1.54) is 11.6 Å². The van der Waals surface area contributed by atoms with Gasteiger partial charge >= 0.3 is 5.97 Å². The molecule has 0 aliphatic rings. The molecule has 26 heavy (non-hydrogen) atoms. The monoisotopic (exact) mass is 370 g/mol. The van der Waals surface area contributed by atoms with Crippen molar-refractivity contribution >= 4 is 33.2 Å². The molecular weight excluding hydrogens is 348 g/mol. The molecule has 5 nitrogen and oxygen atoms in total. The lowest BCUT2D eigenvalue weighted by atomic mass is 9.94. The third kappa shape index (κ3) is 4.03. The molecule has 0 aliphatic heterocycles. The van der Waals surface area contributed by atoms with E-state index in [9.17, 15) is 15.0 Å². The van der Waals surface area contributed by atoms with E-state index in [-0.39, 0.29) is 0 Å². The summed E-state index contributed by atoms with van der Waals surface area (Å²) in [4.78, 5) is 18.1. The summed E-state index contributed by atoms with van der Waals surface area (Å²) in [7, 11) is 2.01. The average Bonchev–Trinajstić information content (AvgIpc) is 3.02. The van der Waals surface area contributed by atoms with E-state index in [0.29, 0.717) is 5.56 Å². The van der Waals surface area contributed by atoms with Crippen LogP contribution in [0.25, 0.3) is 10.2 Å². The molecule has 3 aromatic rings. The van der Waals surface area contributed by atoms with Crippen molar-refractivity contribution in [3.8, 4) is 0 Å². The number of aliphatic carboxylic acids is 1. The number of benzene rings is 2. The van der Waals surface area contributed by atoms with Crippen molar-refractivity contribution in [1.82, 2.24) is 4.98 Å². The minimum absolute atomic E-state index is 0.607. The van der Waals surface area contributed by atoms with Crippen LogP contribution in [0.4, 0.5) is 5.69 Å². The van der Waals surface area contributed by atoms with Gasteiger partial charge in [0.05, 0.1) is 21.3 Å². The molecule has 3 rings (SSSR count). The summed E-state index contributed by atoms with van der Waals surface area (Å²) in [6.07, 6.45) is -0.0849. The SMILES string of the molecule is CC(O)C(C(=O)O)c1ccc(N(C)CCc2nc3ccccc3s2)cc1. The lowest BCUT2D eigenvalue weighted by Gasteiger charge is -2.20. The molecule has 1 aromatic heterocycles. The molecular formula is C20H22N2O3S. The molecule has 0 amide bonds. The van der Waals surface area contributed by atoms with Gasteiger partial charge in [-0.25, -0.2) is 4.98 Å². The summed E-state index contributed by atoms with van der Waals surface area (Å²) in [6, 6.07) is 15.5. The number of aliphatic hydroxyl groups excluding tert-OH is 1. The number of rotatable bonds is 7. The Labute approximate surface area is 156 Å². The molecule has 1 heterocycles. The van der Waals surface area contributed by atoms with Crippen LogP contribution in [0.1, 0.15) is 23.4 Å². The molecule has 6 heteroatoms. The van der Waals surface area contributed by atoms with Gasteiger partial charge in [-0.3, -0.25) is 4.79 Å². The lowest BCUT2D eigenvalue weighted by Crippen LogP contribution is -2.24. The van der Waals surface area contributed by atoms with Gasteiger partial charge in [-0.15, -0.1) is 11.3 Å². The second-order valence-electron chi connectivity index (χ2n) is 6.39. The van der Waals surface area contributed by atoms with Crippen molar-refractivity contribution in [2.75, 3.05) is 18.5 Å². The third-order valence-electron chi connectivity index (χ3n) is 4.44. The van der Waals surface area contributed by atoms with Gasteiger partial charge in [0.2, 0.25) is 0 Å². The van der Waals surface area contributed by atoms with Crippen molar-refractivity contribution in [2.45, 2.75) is 25.4 Å². The maximum atomic E-state index is 11.3. The summed E-state index contributed by atoms with van der Waals surface area (Å²) in [5.74, 6) is -1.92. The molecule has 2 aromatic carbocycles. The molecule has 0 radical (unpaired) electrons. The minimum Gasteiger partial charge on any atom is -0.481 e. The second kappa shape index (κ2) is 7.85. The van der Waals surface area contributed by atoms with E-state index in [4.69, 9.17) is 0 Å². The molecule has 0 spiro atoms. The standard InChI is InChI=1S/C20H22N2O3S/c1-13(23)19(20(24)25)14-7-9-15(10-8-14)22(2)12-11-18-21-16-5-3-4-6-17(16)26-18/h3-10,13,19,23H,11-12H2,1-2H3,(H,24,25). The number of aliphatic hydroxyl groups is 1. The maximum absolute atomic E-state index is 11.3. The minimum atomic E-state index is -1.02. The van der Waals surface area contributed by atoms with Crippen molar-refractivity contribution in [3.05, 3.63) is 59.1 Å². The van der Waals surface area contributed by atoms with Crippen LogP contribution >= 0.6 is 11.3 Å². The highest BCUT2D eigenvalue weighted by Crippen LogP contribution is 2.25. The predicted molar refractivity (Wildman–Crippen MR) is 105 cm³/mol. The van der Waals surface area contributed by atoms with Crippen LogP contribution in [0.5, 0.6) is 0 Å². The Kier molecular flexibility index (Phi) is 5.54. The fourth-order valence-electron chi connectivity index (χ4n) is 2.98. The number of hydrogen-bond donors (Lipinski definition) is 2. The molecule has 0 saturated carbocycles. The Bertz CT molecular complexity index is 856. The molecule has 2 unspecified atom stereocenters. The fraction of sp³-hybridized carbons (Fsp3) is 0.300. The van der Waals surface area contributed by atoms with E-state index >= 15 is 0 Å². The largest absolute Gasteiger partial charge is 0.481 e. The summed E-state index contributed by atoms with van der Waals surface area (Å²) < 4.78 is 1.20. The zero-order valence-electron chi connectivity index (χ0n) is 14.8. The highest BCUT2D eigenvalue weighted by atomic mass is 32.1. The normalized spacial score (nSPS) is 13.5. The molecule has 0 fully saturated rings. The number of para-hydroxylation sites is 1. The third-order valence-corrected chi connectivity index (χ3v) is 5.54. The van der Waals surface area contributed by atoms with Crippen molar-refractivity contribution in [3.63, 3.8) is 0 Å². The smallest absolute Gasteiger partial charge is 0.313 e. The van der Waals surface area contributed by atoms with Gasteiger partial charge in [0.25, 0.3) is 0 Å². The van der Waals surface area contributed by atoms with Gasteiger partial charge < -0.3 is 15.1 Å². The van der Waals surface area contributed by atoms with Gasteiger partial charge in [-0.05, 0) is 36.8 Å². The highest BCUT2D eigenvalue weighted by Gasteiger charge is 2.25. The number of hydrogen-bond acceptors (Lipinski definition) is 5. The van der Waals surface area contributed by atoms with Crippen LogP contribution in [0.15, 0.2) is 48.5 Å². The number of thiazole rings is 1. The number of anilines is 1. The Hall–Kier alpha value is -2.44. The number of carbonyl (C=O) groups is 1. The van der Waals surface area contributed by atoms with Gasteiger partial charge in [0.15, 0.2) is 0 Å². The molecule has 2 N–H and O–H groups in total. The summed E-state index contributed by atoms with van der Waals surface area (Å²) >= 11 is 1.72. The fourth-order valence-corrected chi connectivity index (χ4v) is 3.94. The van der Waals surface area contributed by atoms with Crippen molar-refractivity contribution in [2.24, 2.45) is 0 Å². The topological polar surface area (TPSA) is 73.7 Å². The number of likely N-dealkylation sites (N-methyl/N-ethyl adjacent to an activating group) is 1. The molecule has 0 bridgehead atoms. The van der Waals surface area contributed by atoms with E-state index in [0.717, 1.165) is 29.2 Å². The number of carboxylic acid groups (broad SMARTS) is 1. The quantitative estimate of drug-likeness (QED) is 0.666. The van der Waals surface area contributed by atoms with Gasteiger partial charge in [-0.2, -0.15) is 0 Å². The van der Waals surface area contributed by atoms with Crippen molar-refractivity contribution in [1.29, 1.82) is 0 Å². The zero-order chi connectivity index (χ0) is 18.7. The van der Waals surface area contributed by atoms with Crippen LogP contribution in [0.3, 0.4) is 0 Å². The Morgan fingerprint density at radius 1 is 1.19 bits per heavy atom. The lowest BCUT2D eigenvalue weighted by molar-refractivity contribution is -0.141. The highest BCUT2D eigenvalue weighted by molar-refractivity contribution is 7.18. The van der Waals surface area contributed by atoms with E-state index in [1.807, 2.05) is 37.4 Å². The van der Waals surface area contributed by atoms with Crippen LogP contribution in [0.2, 0.25) is 0 Å². The molecule has 0 saturated heterocycles. The first-order valence-electron chi connectivity index (χ1n) is 8.52. The number of fused-ring (bicyclic) bond motifs is 1. The van der Waals surface area contributed by atoms with E-state index in [1.54, 1.807) is 23.5 Å². The van der Waals surface area contributed by atoms with Crippen LogP contribution in [-0.2, 0) is 11.2 Å². The summed E-state index contributed by atoms with van der Waals surface area (Å²) in [5, 5.41) is 20.1. The van der Waals surface area contributed by atoms with Crippen LogP contribution in [-0.4, -0.2) is 40.9 Å². The van der Waals surface area contributed by atoms with Crippen molar-refractivity contribution < 1.29 is 15.0 Å². The first kappa shape index (κ1) is 18.4. The Balaban J connectivity index is 1.66. The summed E-state index contributed by atoms with van der Waals surface area (Å²) in [5.41, 5.74) is 2.65. The predicted octanol–water partition coefficient (Wildman–Crippen LogP) is 3.52. The summed E-state index contributed by atoms with van der Waals surface area (Å²) in [6.45, 7) is 2.31. The van der Waals surface area contributed by atoms with E-state index < -0.39 is 18.0 Å². The van der Waals surface area contributed by atoms with Gasteiger partial charge in [0.1, 0.15) is 5.92 Å². The Morgan fingerprint density at radius 2 is 1.88 bits per heavy atom. The van der Waals surface area contributed by atoms with Gasteiger partial charge in [-0.1, -0.05) is 24.3 Å². The molecule has 0 aliphatic carbocycles. The van der Waals surface area contributed by atoms with Crippen LogP contribution < -0.4 is 4.90 Å². The average molecular weight is 370 g/mol. The number of aromatic nitrogens is 1. The maximum Gasteiger partial charge on any atom is 0.313 e. The molecule has 2 atom stereocenters.